The second-order valence-corrected chi connectivity index (χ2v) is 8.53. The average Bonchev–Trinajstić information content (AvgIpc) is 3.44. The molecule has 0 bridgehead atoms. The summed E-state index contributed by atoms with van der Waals surface area (Å²) < 4.78 is 50.1. The first-order valence-electron chi connectivity index (χ1n) is 11.1. The summed E-state index contributed by atoms with van der Waals surface area (Å²) in [6, 6.07) is 11.2. The molecule has 1 aliphatic heterocycles. The molecule has 3 heterocycles. The van der Waals surface area contributed by atoms with Crippen molar-refractivity contribution in [2.24, 2.45) is 0 Å². The molecule has 5 rings (SSSR count). The molecular weight excluding hydrogens is 443 g/mol. The van der Waals surface area contributed by atoms with Gasteiger partial charge in [0.05, 0.1) is 47.8 Å². The Bertz CT molecular complexity index is 1320. The van der Waals surface area contributed by atoms with Crippen LogP contribution in [0.2, 0.25) is 0 Å². The van der Waals surface area contributed by atoms with Crippen LogP contribution >= 0.6 is 0 Å². The first-order valence-corrected chi connectivity index (χ1v) is 11.1. The van der Waals surface area contributed by atoms with Crippen molar-refractivity contribution in [1.82, 2.24) is 24.5 Å². The highest BCUT2D eigenvalue weighted by molar-refractivity contribution is 5.50. The standard InChI is InChI=1S/C25H24F3N5O/c1-16-14-32(15-29-16)23-11-10-17(13-24(23)34-2)12-20-22-9-5-8-21(33(22)31-30-20)18-6-3-4-7-19(18)25(26,27)28/h3-4,6-7,10-11,13-15,21H,5,8-9,12H2,1-2H3. The Morgan fingerprint density at radius 1 is 1.15 bits per heavy atom. The van der Waals surface area contributed by atoms with Gasteiger partial charge in [-0.05, 0) is 55.5 Å². The predicted octanol–water partition coefficient (Wildman–Crippen LogP) is 5.32. The van der Waals surface area contributed by atoms with Crippen LogP contribution in [-0.2, 0) is 19.0 Å². The Kier molecular flexibility index (Phi) is 5.63. The molecule has 176 valence electrons. The summed E-state index contributed by atoms with van der Waals surface area (Å²) in [5.41, 5.74) is 4.07. The lowest BCUT2D eigenvalue weighted by Gasteiger charge is -2.27. The molecule has 1 atom stereocenters. The van der Waals surface area contributed by atoms with E-state index in [0.717, 1.165) is 47.2 Å². The average molecular weight is 467 g/mol. The van der Waals surface area contributed by atoms with E-state index in [9.17, 15) is 13.2 Å². The first-order chi connectivity index (χ1) is 16.3. The number of hydrogen-bond donors (Lipinski definition) is 0. The van der Waals surface area contributed by atoms with Gasteiger partial charge in [0.15, 0.2) is 0 Å². The van der Waals surface area contributed by atoms with Crippen LogP contribution in [0.25, 0.3) is 5.69 Å². The van der Waals surface area contributed by atoms with Crippen molar-refractivity contribution >= 4 is 0 Å². The molecule has 0 saturated heterocycles. The molecule has 0 spiro atoms. The van der Waals surface area contributed by atoms with Gasteiger partial charge < -0.3 is 9.30 Å². The molecule has 0 amide bonds. The monoisotopic (exact) mass is 467 g/mol. The van der Waals surface area contributed by atoms with E-state index >= 15 is 0 Å². The highest BCUT2D eigenvalue weighted by Gasteiger charge is 2.37. The molecule has 0 fully saturated rings. The summed E-state index contributed by atoms with van der Waals surface area (Å²) >= 11 is 0. The third kappa shape index (κ3) is 4.06. The lowest BCUT2D eigenvalue weighted by Crippen LogP contribution is -2.23. The maximum atomic E-state index is 13.6. The molecule has 0 aliphatic carbocycles. The van der Waals surface area contributed by atoms with Gasteiger partial charge in [-0.15, -0.1) is 5.10 Å². The minimum Gasteiger partial charge on any atom is -0.495 e. The molecule has 2 aromatic carbocycles. The summed E-state index contributed by atoms with van der Waals surface area (Å²) in [5, 5.41) is 8.68. The van der Waals surface area contributed by atoms with Crippen molar-refractivity contribution in [3.63, 3.8) is 0 Å². The van der Waals surface area contributed by atoms with Gasteiger partial charge in [-0.25, -0.2) is 9.67 Å². The van der Waals surface area contributed by atoms with Gasteiger partial charge in [0, 0.05) is 12.6 Å². The fourth-order valence-electron chi connectivity index (χ4n) is 4.70. The zero-order valence-electron chi connectivity index (χ0n) is 18.9. The number of aryl methyl sites for hydroxylation is 1. The van der Waals surface area contributed by atoms with Crippen LogP contribution in [-0.4, -0.2) is 31.7 Å². The van der Waals surface area contributed by atoms with Gasteiger partial charge >= 0.3 is 6.18 Å². The number of rotatable bonds is 5. The predicted molar refractivity (Wildman–Crippen MR) is 120 cm³/mol. The molecular formula is C25H24F3N5O. The molecule has 0 N–H and O–H groups in total. The third-order valence-corrected chi connectivity index (χ3v) is 6.29. The molecule has 34 heavy (non-hydrogen) atoms. The smallest absolute Gasteiger partial charge is 0.416 e. The van der Waals surface area contributed by atoms with Crippen LogP contribution in [0.5, 0.6) is 5.75 Å². The number of fused-ring (bicyclic) bond motifs is 1. The van der Waals surface area contributed by atoms with E-state index in [0.29, 0.717) is 18.6 Å². The number of alkyl halides is 3. The molecule has 1 unspecified atom stereocenters. The van der Waals surface area contributed by atoms with Crippen molar-refractivity contribution in [3.8, 4) is 11.4 Å². The van der Waals surface area contributed by atoms with Crippen LogP contribution in [0.3, 0.4) is 0 Å². The molecule has 4 aromatic rings. The van der Waals surface area contributed by atoms with Crippen LogP contribution in [0.1, 0.15) is 52.7 Å². The Balaban J connectivity index is 1.46. The summed E-state index contributed by atoms with van der Waals surface area (Å²) in [6.45, 7) is 1.92. The van der Waals surface area contributed by atoms with E-state index < -0.39 is 17.8 Å². The number of aromatic nitrogens is 5. The van der Waals surface area contributed by atoms with Crippen molar-refractivity contribution in [2.75, 3.05) is 7.11 Å². The van der Waals surface area contributed by atoms with Crippen LogP contribution in [0, 0.1) is 6.92 Å². The van der Waals surface area contributed by atoms with Gasteiger partial charge in [-0.1, -0.05) is 29.5 Å². The maximum Gasteiger partial charge on any atom is 0.416 e. The van der Waals surface area contributed by atoms with Crippen LogP contribution in [0.4, 0.5) is 13.2 Å². The lowest BCUT2D eigenvalue weighted by atomic mass is 9.92. The van der Waals surface area contributed by atoms with Gasteiger partial charge in [0.25, 0.3) is 0 Å². The number of halogens is 3. The van der Waals surface area contributed by atoms with Crippen molar-refractivity contribution in [3.05, 3.63) is 88.8 Å². The number of hydrogen-bond acceptors (Lipinski definition) is 4. The number of nitrogens with zero attached hydrogens (tertiary/aromatic N) is 5. The largest absolute Gasteiger partial charge is 0.495 e. The Hall–Kier alpha value is -3.62. The Labute approximate surface area is 195 Å². The van der Waals surface area contributed by atoms with Crippen molar-refractivity contribution < 1.29 is 17.9 Å². The normalized spacial score (nSPS) is 15.9. The molecule has 0 saturated carbocycles. The number of ether oxygens (including phenoxy) is 1. The van der Waals surface area contributed by atoms with Crippen molar-refractivity contribution in [1.29, 1.82) is 0 Å². The molecule has 6 nitrogen and oxygen atoms in total. The van der Waals surface area contributed by atoms with E-state index in [1.165, 1.54) is 6.07 Å². The first kappa shape index (κ1) is 22.2. The number of benzene rings is 2. The minimum absolute atomic E-state index is 0.244. The zero-order chi connectivity index (χ0) is 23.9. The maximum absolute atomic E-state index is 13.6. The molecule has 2 aromatic heterocycles. The Morgan fingerprint density at radius 3 is 2.71 bits per heavy atom. The minimum atomic E-state index is -4.41. The van der Waals surface area contributed by atoms with E-state index in [4.69, 9.17) is 4.74 Å². The van der Waals surface area contributed by atoms with Gasteiger partial charge in [-0.3, -0.25) is 0 Å². The number of methoxy groups -OCH3 is 1. The summed E-state index contributed by atoms with van der Waals surface area (Å²) in [7, 11) is 1.62. The van der Waals surface area contributed by atoms with Gasteiger partial charge in [-0.2, -0.15) is 13.2 Å². The third-order valence-electron chi connectivity index (χ3n) is 6.29. The highest BCUT2D eigenvalue weighted by Crippen LogP contribution is 2.39. The van der Waals surface area contributed by atoms with E-state index in [1.807, 2.05) is 35.9 Å². The van der Waals surface area contributed by atoms with Gasteiger partial charge in [0.2, 0.25) is 0 Å². The number of imidazole rings is 1. The molecule has 1 aliphatic rings. The summed E-state index contributed by atoms with van der Waals surface area (Å²) in [4.78, 5) is 4.27. The second kappa shape index (κ2) is 8.62. The highest BCUT2D eigenvalue weighted by atomic mass is 19.4. The quantitative estimate of drug-likeness (QED) is 0.399. The second-order valence-electron chi connectivity index (χ2n) is 8.53. The van der Waals surface area contributed by atoms with E-state index in [-0.39, 0.29) is 5.56 Å². The van der Waals surface area contributed by atoms with Crippen LogP contribution in [0.15, 0.2) is 55.0 Å². The SMILES string of the molecule is COc1cc(Cc2nnn3c2CCCC3c2ccccc2C(F)(F)F)ccc1-n1cnc(C)c1. The van der Waals surface area contributed by atoms with Gasteiger partial charge in [0.1, 0.15) is 5.75 Å². The molecule has 0 radical (unpaired) electrons. The summed E-state index contributed by atoms with van der Waals surface area (Å²) in [5.74, 6) is 0.702. The van der Waals surface area contributed by atoms with E-state index in [1.54, 1.807) is 30.3 Å². The summed E-state index contributed by atoms with van der Waals surface area (Å²) in [6.07, 6.45) is 1.87. The van der Waals surface area contributed by atoms with E-state index in [2.05, 4.69) is 15.3 Å². The fourth-order valence-corrected chi connectivity index (χ4v) is 4.70. The Morgan fingerprint density at radius 2 is 1.97 bits per heavy atom. The fraction of sp³-hybridized carbons (Fsp3) is 0.320. The topological polar surface area (TPSA) is 57.8 Å². The van der Waals surface area contributed by atoms with Crippen molar-refractivity contribution in [2.45, 2.75) is 44.8 Å². The van der Waals surface area contributed by atoms with Crippen LogP contribution < -0.4 is 4.74 Å². The lowest BCUT2D eigenvalue weighted by molar-refractivity contribution is -0.138. The molecule has 9 heteroatoms. The zero-order valence-corrected chi connectivity index (χ0v) is 18.9.